The number of alkyl halides is 1. The third kappa shape index (κ3) is 4.41. The van der Waals surface area contributed by atoms with Crippen molar-refractivity contribution in [2.24, 2.45) is 0 Å². The summed E-state index contributed by atoms with van der Waals surface area (Å²) in [6, 6.07) is 6.11. The Hall–Kier alpha value is -1.21. The predicted molar refractivity (Wildman–Crippen MR) is 98.4 cm³/mol. The molecule has 5 nitrogen and oxygen atoms in total. The second-order valence-electron chi connectivity index (χ2n) is 5.63. The molecule has 0 saturated heterocycles. The summed E-state index contributed by atoms with van der Waals surface area (Å²) in [4.78, 5) is 16.5. The van der Waals surface area contributed by atoms with Crippen LogP contribution in [0.5, 0.6) is 0 Å². The van der Waals surface area contributed by atoms with Gasteiger partial charge in [0.25, 0.3) is 0 Å². The van der Waals surface area contributed by atoms with Crippen molar-refractivity contribution in [2.45, 2.75) is 49.9 Å². The van der Waals surface area contributed by atoms with Gasteiger partial charge in [-0.05, 0) is 38.7 Å². The Morgan fingerprint density at radius 3 is 2.78 bits per heavy atom. The van der Waals surface area contributed by atoms with Gasteiger partial charge >= 0.3 is 6.09 Å². The molecule has 2 aromatic rings. The van der Waals surface area contributed by atoms with E-state index in [9.17, 15) is 4.79 Å². The number of hydrogen-bond donors (Lipinski definition) is 1. The van der Waals surface area contributed by atoms with Crippen LogP contribution in [0.25, 0.3) is 11.0 Å². The zero-order valence-electron chi connectivity index (χ0n) is 13.8. The van der Waals surface area contributed by atoms with Gasteiger partial charge in [-0.1, -0.05) is 39.8 Å². The summed E-state index contributed by atoms with van der Waals surface area (Å²) >= 11 is 5.12. The van der Waals surface area contributed by atoms with Crippen LogP contribution in [0.3, 0.4) is 0 Å². The zero-order chi connectivity index (χ0) is 17.0. The molecular formula is C16H22BrN3O2S. The number of aromatic nitrogens is 2. The van der Waals surface area contributed by atoms with Crippen LogP contribution in [-0.2, 0) is 16.6 Å². The number of alkyl carbamates (subject to hydrolysis) is 1. The van der Waals surface area contributed by atoms with Crippen molar-refractivity contribution < 1.29 is 9.53 Å². The van der Waals surface area contributed by atoms with Crippen LogP contribution >= 0.6 is 27.7 Å². The number of ether oxygens (including phenoxy) is 1. The van der Waals surface area contributed by atoms with Crippen LogP contribution in [0.2, 0.25) is 0 Å². The molecule has 0 spiro atoms. The van der Waals surface area contributed by atoms with E-state index in [0.29, 0.717) is 6.54 Å². The van der Waals surface area contributed by atoms with Gasteiger partial charge in [0.15, 0.2) is 5.16 Å². The van der Waals surface area contributed by atoms with Crippen LogP contribution in [0.15, 0.2) is 23.4 Å². The molecule has 1 N–H and O–H groups in total. The summed E-state index contributed by atoms with van der Waals surface area (Å²) in [6.07, 6.45) is 1.50. The first-order valence-electron chi connectivity index (χ1n) is 7.51. The number of carbonyl (C=O) groups is 1. The maximum atomic E-state index is 11.7. The topological polar surface area (TPSA) is 56.2 Å². The highest BCUT2D eigenvalue weighted by atomic mass is 79.9. The average molecular weight is 400 g/mol. The van der Waals surface area contributed by atoms with Crippen molar-refractivity contribution in [3.8, 4) is 0 Å². The van der Waals surface area contributed by atoms with E-state index >= 15 is 0 Å². The van der Waals surface area contributed by atoms with Gasteiger partial charge in [-0.25, -0.2) is 9.78 Å². The summed E-state index contributed by atoms with van der Waals surface area (Å²) in [6.45, 7) is 6.28. The average Bonchev–Trinajstić information content (AvgIpc) is 2.84. The summed E-state index contributed by atoms with van der Waals surface area (Å²) in [5.74, 6) is 0. The lowest BCUT2D eigenvalue weighted by Gasteiger charge is -2.17. The molecule has 0 radical (unpaired) electrons. The minimum Gasteiger partial charge on any atom is -0.447 e. The SMILES string of the molecule is CSc1nc2c(CBr)cccc2n1CC(C)NC(=O)OC(C)C. The van der Waals surface area contributed by atoms with E-state index in [2.05, 4.69) is 37.9 Å². The van der Waals surface area contributed by atoms with E-state index in [0.717, 1.165) is 27.1 Å². The molecular weight excluding hydrogens is 378 g/mol. The van der Waals surface area contributed by atoms with E-state index in [4.69, 9.17) is 9.72 Å². The van der Waals surface area contributed by atoms with Crippen molar-refractivity contribution in [3.05, 3.63) is 23.8 Å². The fourth-order valence-corrected chi connectivity index (χ4v) is 3.42. The first-order chi connectivity index (χ1) is 11.0. The van der Waals surface area contributed by atoms with Gasteiger partial charge < -0.3 is 14.6 Å². The van der Waals surface area contributed by atoms with E-state index in [1.165, 1.54) is 0 Å². The smallest absolute Gasteiger partial charge is 0.407 e. The molecule has 1 unspecified atom stereocenters. The van der Waals surface area contributed by atoms with E-state index in [1.807, 2.05) is 33.1 Å². The number of benzene rings is 1. The molecule has 126 valence electrons. The molecule has 0 bridgehead atoms. The number of nitrogens with one attached hydrogen (secondary N) is 1. The molecule has 1 aromatic carbocycles. The first-order valence-corrected chi connectivity index (χ1v) is 9.86. The van der Waals surface area contributed by atoms with Gasteiger partial charge in [-0.3, -0.25) is 0 Å². The Labute approximate surface area is 149 Å². The minimum atomic E-state index is -0.385. The maximum absolute atomic E-state index is 11.7. The Morgan fingerprint density at radius 2 is 2.17 bits per heavy atom. The van der Waals surface area contributed by atoms with Crippen molar-refractivity contribution >= 4 is 44.8 Å². The van der Waals surface area contributed by atoms with Crippen LogP contribution in [0.1, 0.15) is 26.3 Å². The molecule has 0 saturated carbocycles. The Balaban J connectivity index is 2.23. The lowest BCUT2D eigenvalue weighted by Crippen LogP contribution is -2.37. The lowest BCUT2D eigenvalue weighted by molar-refractivity contribution is 0.112. The quantitative estimate of drug-likeness (QED) is 0.584. The van der Waals surface area contributed by atoms with E-state index in [-0.39, 0.29) is 18.2 Å². The second-order valence-corrected chi connectivity index (χ2v) is 6.96. The van der Waals surface area contributed by atoms with E-state index in [1.54, 1.807) is 11.8 Å². The van der Waals surface area contributed by atoms with Gasteiger partial charge in [0.2, 0.25) is 0 Å². The number of thioether (sulfide) groups is 1. The molecule has 1 aromatic heterocycles. The number of hydrogen-bond acceptors (Lipinski definition) is 4. The van der Waals surface area contributed by atoms with Crippen LogP contribution in [0, 0.1) is 0 Å². The third-order valence-corrected chi connectivity index (χ3v) is 4.60. The van der Waals surface area contributed by atoms with Crippen molar-refractivity contribution in [1.82, 2.24) is 14.9 Å². The summed E-state index contributed by atoms with van der Waals surface area (Å²) in [5.41, 5.74) is 3.25. The monoisotopic (exact) mass is 399 g/mol. The number of imidazole rings is 1. The standard InChI is InChI=1S/C16H22BrN3O2S/c1-10(2)22-16(21)18-11(3)9-20-13-7-5-6-12(8-17)14(13)19-15(20)23-4/h5-7,10-11H,8-9H2,1-4H3,(H,18,21). The molecule has 1 amide bonds. The number of para-hydroxylation sites is 1. The second kappa shape index (κ2) is 8.06. The van der Waals surface area contributed by atoms with E-state index < -0.39 is 0 Å². The summed E-state index contributed by atoms with van der Waals surface area (Å²) in [5, 5.41) is 4.58. The number of nitrogens with zero attached hydrogens (tertiary/aromatic N) is 2. The van der Waals surface area contributed by atoms with Crippen molar-refractivity contribution in [2.75, 3.05) is 6.26 Å². The Bertz CT molecular complexity index is 687. The number of fused-ring (bicyclic) bond motifs is 1. The highest BCUT2D eigenvalue weighted by Crippen LogP contribution is 2.26. The molecule has 0 aliphatic heterocycles. The summed E-state index contributed by atoms with van der Waals surface area (Å²) in [7, 11) is 0. The van der Waals surface area contributed by atoms with Crippen LogP contribution < -0.4 is 5.32 Å². The molecule has 1 atom stereocenters. The number of halogens is 1. The van der Waals surface area contributed by atoms with Gasteiger partial charge in [0, 0.05) is 17.9 Å². The van der Waals surface area contributed by atoms with Gasteiger partial charge in [0.1, 0.15) is 0 Å². The molecule has 23 heavy (non-hydrogen) atoms. The number of rotatable bonds is 6. The number of carbonyl (C=O) groups excluding carboxylic acids is 1. The van der Waals surface area contributed by atoms with Crippen molar-refractivity contribution in [1.29, 1.82) is 0 Å². The minimum absolute atomic E-state index is 0.0582. The first kappa shape index (κ1) is 18.1. The molecule has 0 aliphatic carbocycles. The molecule has 1 heterocycles. The molecule has 7 heteroatoms. The maximum Gasteiger partial charge on any atom is 0.407 e. The normalized spacial score (nSPS) is 12.6. The molecule has 2 rings (SSSR count). The zero-order valence-corrected chi connectivity index (χ0v) is 16.2. The molecule has 0 fully saturated rings. The fraction of sp³-hybridized carbons (Fsp3) is 0.500. The van der Waals surface area contributed by atoms with Crippen molar-refractivity contribution in [3.63, 3.8) is 0 Å². The Morgan fingerprint density at radius 1 is 1.43 bits per heavy atom. The fourth-order valence-electron chi connectivity index (χ4n) is 2.39. The van der Waals surface area contributed by atoms with Gasteiger partial charge in [-0.15, -0.1) is 0 Å². The van der Waals surface area contributed by atoms with Gasteiger partial charge in [-0.2, -0.15) is 0 Å². The van der Waals surface area contributed by atoms with Gasteiger partial charge in [0.05, 0.1) is 17.1 Å². The number of amides is 1. The van der Waals surface area contributed by atoms with Crippen LogP contribution in [-0.4, -0.2) is 34.0 Å². The lowest BCUT2D eigenvalue weighted by atomic mass is 10.2. The highest BCUT2D eigenvalue weighted by Gasteiger charge is 2.16. The molecule has 0 aliphatic rings. The Kier molecular flexibility index (Phi) is 6.35. The third-order valence-electron chi connectivity index (χ3n) is 3.32. The predicted octanol–water partition coefficient (Wildman–Crippen LogP) is 4.18. The van der Waals surface area contributed by atoms with Crippen LogP contribution in [0.4, 0.5) is 4.79 Å². The summed E-state index contributed by atoms with van der Waals surface area (Å²) < 4.78 is 7.28. The largest absolute Gasteiger partial charge is 0.447 e. The highest BCUT2D eigenvalue weighted by molar-refractivity contribution is 9.08.